The molecular weight excluding hydrogens is 671 g/mol. The molecule has 54 heavy (non-hydrogen) atoms. The number of ether oxygens (including phenoxy) is 1. The Morgan fingerprint density at radius 3 is 1.33 bits per heavy atom. The third-order valence-corrected chi connectivity index (χ3v) is 11.1. The molecule has 0 aliphatic carbocycles. The topological polar surface area (TPSA) is 95.9 Å². The third-order valence-electron chi connectivity index (χ3n) is 11.1. The van der Waals surface area contributed by atoms with E-state index in [2.05, 4.69) is 31.3 Å². The minimum Gasteiger partial charge on any atom is -0.466 e. The Labute approximate surface area is 336 Å². The van der Waals surface area contributed by atoms with Gasteiger partial charge in [0, 0.05) is 12.8 Å². The highest BCUT2D eigenvalue weighted by molar-refractivity contribution is 5.76. The third kappa shape index (κ3) is 40.3. The number of allylic oxidation sites excluding steroid dienone is 2. The first-order chi connectivity index (χ1) is 26.5. The highest BCUT2D eigenvalue weighted by Crippen LogP contribution is 2.16. The van der Waals surface area contributed by atoms with Crippen LogP contribution in [0.3, 0.4) is 0 Å². The molecule has 0 aromatic rings. The van der Waals surface area contributed by atoms with E-state index in [1.54, 1.807) is 0 Å². The summed E-state index contributed by atoms with van der Waals surface area (Å²) in [6.07, 6.45) is 48.9. The fourth-order valence-electron chi connectivity index (χ4n) is 7.34. The number of esters is 1. The largest absolute Gasteiger partial charge is 0.466 e. The van der Waals surface area contributed by atoms with Gasteiger partial charge in [0.1, 0.15) is 0 Å². The van der Waals surface area contributed by atoms with Crippen LogP contribution >= 0.6 is 0 Å². The van der Waals surface area contributed by atoms with Gasteiger partial charge in [-0.1, -0.05) is 206 Å². The smallest absolute Gasteiger partial charge is 0.305 e. The van der Waals surface area contributed by atoms with Crippen LogP contribution in [0.1, 0.15) is 258 Å². The molecule has 0 heterocycles. The Balaban J connectivity index is 3.46. The van der Waals surface area contributed by atoms with Gasteiger partial charge in [-0.25, -0.2) is 0 Å². The van der Waals surface area contributed by atoms with E-state index in [1.165, 1.54) is 154 Å². The lowest BCUT2D eigenvalue weighted by Gasteiger charge is -2.22. The van der Waals surface area contributed by atoms with Gasteiger partial charge in [0.15, 0.2) is 0 Å². The van der Waals surface area contributed by atoms with Gasteiger partial charge in [0.25, 0.3) is 0 Å². The molecule has 320 valence electrons. The monoisotopic (exact) mass is 764 g/mol. The fraction of sp³-hybridized carbons (Fsp3) is 0.917. The van der Waals surface area contributed by atoms with Crippen molar-refractivity contribution in [1.29, 1.82) is 0 Å². The number of hydrogen-bond acceptors (Lipinski definition) is 5. The molecular formula is C48H93NO5. The van der Waals surface area contributed by atoms with Gasteiger partial charge >= 0.3 is 5.97 Å². The molecule has 6 nitrogen and oxygen atoms in total. The Hall–Kier alpha value is -1.40. The molecule has 3 N–H and O–H groups in total. The van der Waals surface area contributed by atoms with Crippen LogP contribution in [0, 0.1) is 0 Å². The molecule has 0 rings (SSSR count). The van der Waals surface area contributed by atoms with Crippen molar-refractivity contribution in [1.82, 2.24) is 5.32 Å². The average Bonchev–Trinajstić information content (AvgIpc) is 3.17. The van der Waals surface area contributed by atoms with E-state index >= 15 is 0 Å². The average molecular weight is 764 g/mol. The van der Waals surface area contributed by atoms with Gasteiger partial charge in [-0.2, -0.15) is 0 Å². The molecule has 0 radical (unpaired) electrons. The predicted molar refractivity (Wildman–Crippen MR) is 232 cm³/mol. The van der Waals surface area contributed by atoms with Crippen molar-refractivity contribution in [3.8, 4) is 0 Å². The molecule has 0 aliphatic rings. The predicted octanol–water partition coefficient (Wildman–Crippen LogP) is 13.8. The van der Waals surface area contributed by atoms with Crippen molar-refractivity contribution in [2.24, 2.45) is 0 Å². The van der Waals surface area contributed by atoms with Crippen molar-refractivity contribution in [3.63, 3.8) is 0 Å². The van der Waals surface area contributed by atoms with E-state index in [1.807, 2.05) is 0 Å². The van der Waals surface area contributed by atoms with Crippen LogP contribution in [0.15, 0.2) is 12.2 Å². The first kappa shape index (κ1) is 52.6. The summed E-state index contributed by atoms with van der Waals surface area (Å²) < 4.78 is 5.45. The summed E-state index contributed by atoms with van der Waals surface area (Å²) in [4.78, 5) is 24.4. The highest BCUT2D eigenvalue weighted by atomic mass is 16.5. The summed E-state index contributed by atoms with van der Waals surface area (Å²) in [5.74, 6) is -0.0776. The van der Waals surface area contributed by atoms with E-state index in [9.17, 15) is 19.8 Å². The lowest BCUT2D eigenvalue weighted by Crippen LogP contribution is -2.45. The minimum atomic E-state index is -0.677. The van der Waals surface area contributed by atoms with Gasteiger partial charge in [0.05, 0.1) is 25.4 Å². The zero-order valence-corrected chi connectivity index (χ0v) is 36.2. The van der Waals surface area contributed by atoms with Crippen LogP contribution in [-0.2, 0) is 14.3 Å². The maximum Gasteiger partial charge on any atom is 0.305 e. The van der Waals surface area contributed by atoms with Gasteiger partial charge in [-0.3, -0.25) is 9.59 Å². The van der Waals surface area contributed by atoms with Crippen molar-refractivity contribution in [2.75, 3.05) is 13.2 Å². The van der Waals surface area contributed by atoms with Crippen molar-refractivity contribution in [2.45, 2.75) is 270 Å². The summed E-state index contributed by atoms with van der Waals surface area (Å²) in [6, 6.07) is -0.558. The molecule has 0 bridgehead atoms. The number of carbonyl (C=O) groups excluding carboxylic acids is 2. The SMILES string of the molecule is CCCCCCCCCCCCCCCCCC(=O)OCCCCCCCC/C=C\CCCCCC(=O)NC(CO)C(O)CCCCCCCCCCC. The van der Waals surface area contributed by atoms with Crippen LogP contribution in [0.25, 0.3) is 0 Å². The summed E-state index contributed by atoms with van der Waals surface area (Å²) in [7, 11) is 0. The normalized spacial score (nSPS) is 12.7. The Morgan fingerprint density at radius 2 is 0.870 bits per heavy atom. The zero-order chi connectivity index (χ0) is 39.4. The first-order valence-electron chi connectivity index (χ1n) is 23.9. The molecule has 0 spiro atoms. The molecule has 6 heteroatoms. The number of rotatable bonds is 44. The fourth-order valence-corrected chi connectivity index (χ4v) is 7.34. The summed E-state index contributed by atoms with van der Waals surface area (Å²) in [5, 5.41) is 23.0. The number of carbonyl (C=O) groups is 2. The molecule has 1 amide bonds. The van der Waals surface area contributed by atoms with E-state index in [0.29, 0.717) is 25.9 Å². The molecule has 0 saturated carbocycles. The number of aliphatic hydroxyl groups excluding tert-OH is 2. The van der Waals surface area contributed by atoms with Gasteiger partial charge in [-0.05, 0) is 51.4 Å². The molecule has 0 saturated heterocycles. The molecule has 2 unspecified atom stereocenters. The quantitative estimate of drug-likeness (QED) is 0.0326. The van der Waals surface area contributed by atoms with Crippen LogP contribution in [0.2, 0.25) is 0 Å². The number of aliphatic hydroxyl groups is 2. The van der Waals surface area contributed by atoms with Gasteiger partial charge in [-0.15, -0.1) is 0 Å². The van der Waals surface area contributed by atoms with Gasteiger partial charge < -0.3 is 20.3 Å². The lowest BCUT2D eigenvalue weighted by molar-refractivity contribution is -0.143. The molecule has 0 fully saturated rings. The van der Waals surface area contributed by atoms with E-state index < -0.39 is 12.1 Å². The summed E-state index contributed by atoms with van der Waals surface area (Å²) in [6.45, 7) is 4.89. The van der Waals surface area contributed by atoms with Crippen LogP contribution in [0.4, 0.5) is 0 Å². The van der Waals surface area contributed by atoms with Crippen LogP contribution in [-0.4, -0.2) is 47.4 Å². The highest BCUT2D eigenvalue weighted by Gasteiger charge is 2.20. The Bertz CT molecular complexity index is 802. The van der Waals surface area contributed by atoms with Crippen molar-refractivity contribution < 1.29 is 24.5 Å². The second-order valence-electron chi connectivity index (χ2n) is 16.4. The molecule has 0 aromatic heterocycles. The minimum absolute atomic E-state index is 0.0103. The van der Waals surface area contributed by atoms with Crippen molar-refractivity contribution in [3.05, 3.63) is 12.2 Å². The first-order valence-corrected chi connectivity index (χ1v) is 23.9. The van der Waals surface area contributed by atoms with Gasteiger partial charge in [0.2, 0.25) is 5.91 Å². The van der Waals surface area contributed by atoms with E-state index in [-0.39, 0.29) is 18.5 Å². The number of hydrogen-bond donors (Lipinski definition) is 3. The summed E-state index contributed by atoms with van der Waals surface area (Å²) >= 11 is 0. The lowest BCUT2D eigenvalue weighted by atomic mass is 10.0. The number of amides is 1. The van der Waals surface area contributed by atoms with E-state index in [0.717, 1.165) is 70.6 Å². The summed E-state index contributed by atoms with van der Waals surface area (Å²) in [5.41, 5.74) is 0. The number of nitrogens with one attached hydrogen (secondary N) is 1. The molecule has 2 atom stereocenters. The Morgan fingerprint density at radius 1 is 0.500 bits per heavy atom. The maximum absolute atomic E-state index is 12.4. The van der Waals surface area contributed by atoms with E-state index in [4.69, 9.17) is 4.74 Å². The Kier molecular flexibility index (Phi) is 43.2. The standard InChI is InChI=1S/C48H93NO5/c1-3-5-7-9-11-13-14-15-16-19-22-26-30-34-38-42-48(53)54-43-39-35-31-27-23-20-17-18-21-25-29-33-37-41-47(52)49-45(44-50)46(51)40-36-32-28-24-12-10-8-6-4-2/h18,21,45-46,50-51H,3-17,19-20,22-44H2,1-2H3,(H,49,52)/b21-18-. The molecule has 0 aromatic carbocycles. The second-order valence-corrected chi connectivity index (χ2v) is 16.4. The second kappa shape index (κ2) is 44.3. The maximum atomic E-state index is 12.4. The van der Waals surface area contributed by atoms with Crippen molar-refractivity contribution >= 4 is 11.9 Å². The van der Waals surface area contributed by atoms with Crippen LogP contribution < -0.4 is 5.32 Å². The zero-order valence-electron chi connectivity index (χ0n) is 36.2. The van der Waals surface area contributed by atoms with Crippen LogP contribution in [0.5, 0.6) is 0 Å². The molecule has 0 aliphatic heterocycles. The number of unbranched alkanes of at least 4 members (excludes halogenated alkanes) is 31.